The Morgan fingerprint density at radius 3 is 2.71 bits per heavy atom. The maximum absolute atomic E-state index is 5.80. The second-order valence-corrected chi connectivity index (χ2v) is 6.04. The molecule has 3 N–H and O–H groups in total. The summed E-state index contributed by atoms with van der Waals surface area (Å²) in [5.74, 6) is 1.43. The van der Waals surface area contributed by atoms with Crippen LogP contribution in [0.4, 0.5) is 17.8 Å². The summed E-state index contributed by atoms with van der Waals surface area (Å²) in [6.45, 7) is 4.54. The number of hydrogen-bond donors (Lipinski definition) is 2. The molecule has 21 heavy (non-hydrogen) atoms. The molecule has 0 aliphatic carbocycles. The normalized spacial score (nSPS) is 15.2. The van der Waals surface area contributed by atoms with Gasteiger partial charge in [0.2, 0.25) is 17.8 Å². The highest BCUT2D eigenvalue weighted by atomic mass is 32.1. The first kappa shape index (κ1) is 14.0. The Kier molecular flexibility index (Phi) is 4.14. The average Bonchev–Trinajstić information content (AvgIpc) is 2.91. The van der Waals surface area contributed by atoms with Gasteiger partial charge >= 0.3 is 0 Å². The topological polar surface area (TPSA) is 92.8 Å². The van der Waals surface area contributed by atoms with Gasteiger partial charge in [0.1, 0.15) is 5.01 Å². The molecule has 1 aliphatic heterocycles. The van der Waals surface area contributed by atoms with E-state index in [9.17, 15) is 0 Å². The largest absolute Gasteiger partial charge is 0.368 e. The van der Waals surface area contributed by atoms with Crippen molar-refractivity contribution >= 4 is 29.2 Å². The van der Waals surface area contributed by atoms with Gasteiger partial charge in [-0.1, -0.05) is 0 Å². The van der Waals surface area contributed by atoms with Gasteiger partial charge in [-0.25, -0.2) is 4.98 Å². The van der Waals surface area contributed by atoms with E-state index < -0.39 is 0 Å². The molecule has 2 aromatic rings. The molecule has 0 amide bonds. The van der Waals surface area contributed by atoms with Crippen LogP contribution >= 0.6 is 11.3 Å². The third-order valence-corrected chi connectivity index (χ3v) is 4.31. The Morgan fingerprint density at radius 2 is 2.00 bits per heavy atom. The van der Waals surface area contributed by atoms with Crippen LogP contribution in [0.5, 0.6) is 0 Å². The molecule has 0 aromatic carbocycles. The molecule has 0 bridgehead atoms. The van der Waals surface area contributed by atoms with Gasteiger partial charge in [0.25, 0.3) is 0 Å². The number of thiazole rings is 1. The predicted molar refractivity (Wildman–Crippen MR) is 84.5 cm³/mol. The zero-order chi connectivity index (χ0) is 14.7. The average molecular weight is 305 g/mol. The van der Waals surface area contributed by atoms with E-state index in [0.29, 0.717) is 18.4 Å². The van der Waals surface area contributed by atoms with Gasteiger partial charge < -0.3 is 16.0 Å². The molecule has 112 valence electrons. The van der Waals surface area contributed by atoms with Crippen LogP contribution in [0, 0.1) is 6.92 Å². The monoisotopic (exact) mass is 305 g/mol. The van der Waals surface area contributed by atoms with E-state index in [4.69, 9.17) is 5.73 Å². The van der Waals surface area contributed by atoms with Crippen molar-refractivity contribution in [2.75, 3.05) is 29.0 Å². The maximum atomic E-state index is 5.80. The number of piperidine rings is 1. The highest BCUT2D eigenvalue weighted by molar-refractivity contribution is 7.09. The van der Waals surface area contributed by atoms with Crippen molar-refractivity contribution in [3.05, 3.63) is 16.1 Å². The molecule has 3 rings (SSSR count). The lowest BCUT2D eigenvalue weighted by molar-refractivity contribution is 0.568. The quantitative estimate of drug-likeness (QED) is 0.890. The van der Waals surface area contributed by atoms with Crippen LogP contribution in [0.2, 0.25) is 0 Å². The Balaban J connectivity index is 1.71. The van der Waals surface area contributed by atoms with Gasteiger partial charge in [0.05, 0.1) is 6.54 Å². The third kappa shape index (κ3) is 3.57. The van der Waals surface area contributed by atoms with Gasteiger partial charge in [-0.2, -0.15) is 15.0 Å². The Bertz CT molecular complexity index is 606. The fourth-order valence-corrected chi connectivity index (χ4v) is 3.05. The first-order chi connectivity index (χ1) is 10.2. The van der Waals surface area contributed by atoms with Crippen LogP contribution in [0.25, 0.3) is 0 Å². The van der Waals surface area contributed by atoms with Crippen LogP contribution < -0.4 is 16.0 Å². The number of aromatic nitrogens is 4. The summed E-state index contributed by atoms with van der Waals surface area (Å²) in [4.78, 5) is 19.4. The van der Waals surface area contributed by atoms with Gasteiger partial charge in [-0.15, -0.1) is 11.3 Å². The molecule has 8 heteroatoms. The van der Waals surface area contributed by atoms with Crippen molar-refractivity contribution in [2.24, 2.45) is 0 Å². The molecular weight excluding hydrogens is 286 g/mol. The fourth-order valence-electron chi connectivity index (χ4n) is 2.33. The van der Waals surface area contributed by atoms with Crippen LogP contribution in [0.15, 0.2) is 5.38 Å². The molecule has 1 saturated heterocycles. The number of rotatable bonds is 4. The molecule has 0 spiro atoms. The molecule has 0 saturated carbocycles. The van der Waals surface area contributed by atoms with Crippen molar-refractivity contribution in [2.45, 2.75) is 32.7 Å². The summed E-state index contributed by atoms with van der Waals surface area (Å²) in [6.07, 6.45) is 3.62. The molecule has 3 heterocycles. The van der Waals surface area contributed by atoms with E-state index in [1.807, 2.05) is 12.3 Å². The smallest absolute Gasteiger partial charge is 0.231 e. The number of anilines is 3. The van der Waals surface area contributed by atoms with Gasteiger partial charge in [-0.05, 0) is 26.2 Å². The number of aryl methyl sites for hydroxylation is 1. The minimum Gasteiger partial charge on any atom is -0.368 e. The van der Waals surface area contributed by atoms with E-state index in [-0.39, 0.29) is 5.95 Å². The summed E-state index contributed by atoms with van der Waals surface area (Å²) < 4.78 is 0. The lowest BCUT2D eigenvalue weighted by Crippen LogP contribution is -2.31. The van der Waals surface area contributed by atoms with Crippen LogP contribution in [-0.2, 0) is 6.54 Å². The second-order valence-electron chi connectivity index (χ2n) is 5.10. The molecule has 0 atom stereocenters. The summed E-state index contributed by atoms with van der Waals surface area (Å²) in [6, 6.07) is 0. The third-order valence-electron chi connectivity index (χ3n) is 3.34. The van der Waals surface area contributed by atoms with Crippen LogP contribution in [0.3, 0.4) is 0 Å². The van der Waals surface area contributed by atoms with Gasteiger partial charge in [0, 0.05) is 24.2 Å². The molecule has 7 nitrogen and oxygen atoms in total. The number of nitrogens with two attached hydrogens (primary N) is 1. The zero-order valence-corrected chi connectivity index (χ0v) is 12.9. The molecule has 1 fully saturated rings. The van der Waals surface area contributed by atoms with Crippen molar-refractivity contribution in [3.63, 3.8) is 0 Å². The molecular formula is C13H19N7S. The van der Waals surface area contributed by atoms with Crippen molar-refractivity contribution in [1.29, 1.82) is 0 Å². The van der Waals surface area contributed by atoms with E-state index in [0.717, 1.165) is 23.8 Å². The predicted octanol–water partition coefficient (Wildman–Crippen LogP) is 1.82. The number of nitrogens with one attached hydrogen (secondary N) is 1. The first-order valence-corrected chi connectivity index (χ1v) is 8.00. The van der Waals surface area contributed by atoms with Gasteiger partial charge in [0.15, 0.2) is 0 Å². The highest BCUT2D eigenvalue weighted by Gasteiger charge is 2.15. The maximum Gasteiger partial charge on any atom is 0.231 e. The minimum absolute atomic E-state index is 0.253. The second kappa shape index (κ2) is 6.21. The highest BCUT2D eigenvalue weighted by Crippen LogP contribution is 2.18. The van der Waals surface area contributed by atoms with Gasteiger partial charge in [-0.3, -0.25) is 0 Å². The number of hydrogen-bond acceptors (Lipinski definition) is 8. The van der Waals surface area contributed by atoms with E-state index >= 15 is 0 Å². The zero-order valence-electron chi connectivity index (χ0n) is 12.0. The Hall–Kier alpha value is -1.96. The molecule has 2 aromatic heterocycles. The summed E-state index contributed by atoms with van der Waals surface area (Å²) in [5, 5.41) is 6.20. The first-order valence-electron chi connectivity index (χ1n) is 7.12. The number of nitrogen functional groups attached to an aromatic ring is 1. The molecule has 0 radical (unpaired) electrons. The minimum atomic E-state index is 0.253. The van der Waals surface area contributed by atoms with Crippen LogP contribution in [0.1, 0.15) is 30.0 Å². The standard InChI is InChI=1S/C13H19N7S/c1-9-8-21-10(16-9)7-15-12-17-11(14)18-13(19-12)20-5-3-2-4-6-20/h8H,2-7H2,1H3,(H3,14,15,17,18,19). The lowest BCUT2D eigenvalue weighted by Gasteiger charge is -2.26. The van der Waals surface area contributed by atoms with E-state index in [1.165, 1.54) is 19.3 Å². The van der Waals surface area contributed by atoms with Crippen molar-refractivity contribution < 1.29 is 0 Å². The Morgan fingerprint density at radius 1 is 1.19 bits per heavy atom. The summed E-state index contributed by atoms with van der Waals surface area (Å²) in [5.41, 5.74) is 6.83. The van der Waals surface area contributed by atoms with E-state index in [1.54, 1.807) is 11.3 Å². The Labute approximate surface area is 127 Å². The fraction of sp³-hybridized carbons (Fsp3) is 0.538. The molecule has 1 aliphatic rings. The molecule has 0 unspecified atom stereocenters. The summed E-state index contributed by atoms with van der Waals surface area (Å²) >= 11 is 1.62. The number of nitrogens with zero attached hydrogens (tertiary/aromatic N) is 5. The SMILES string of the molecule is Cc1csc(CNc2nc(N)nc(N3CCCCC3)n2)n1. The van der Waals surface area contributed by atoms with Crippen molar-refractivity contribution in [3.8, 4) is 0 Å². The summed E-state index contributed by atoms with van der Waals surface area (Å²) in [7, 11) is 0. The van der Waals surface area contributed by atoms with E-state index in [2.05, 4.69) is 30.2 Å². The lowest BCUT2D eigenvalue weighted by atomic mass is 10.1. The van der Waals surface area contributed by atoms with Crippen molar-refractivity contribution in [1.82, 2.24) is 19.9 Å². The van der Waals surface area contributed by atoms with Crippen LogP contribution in [-0.4, -0.2) is 33.0 Å².